The summed E-state index contributed by atoms with van der Waals surface area (Å²) in [6, 6.07) is 11.7. The van der Waals surface area contributed by atoms with Gasteiger partial charge in [-0.15, -0.1) is 0 Å². The summed E-state index contributed by atoms with van der Waals surface area (Å²) in [5, 5.41) is 13.1. The van der Waals surface area contributed by atoms with E-state index in [1.54, 1.807) is 49.4 Å². The van der Waals surface area contributed by atoms with Crippen LogP contribution >= 0.6 is 11.6 Å². The zero-order valence-electron chi connectivity index (χ0n) is 21.8. The molecule has 0 atom stereocenters. The number of hydrogen-bond donors (Lipinski definition) is 3. The molecule has 2 aromatic carbocycles. The van der Waals surface area contributed by atoms with E-state index in [9.17, 15) is 14.4 Å². The highest BCUT2D eigenvalue weighted by molar-refractivity contribution is 6.31. The molecule has 1 aliphatic heterocycles. The van der Waals surface area contributed by atoms with E-state index in [1.807, 2.05) is 4.90 Å². The first kappa shape index (κ1) is 31.4. The van der Waals surface area contributed by atoms with E-state index in [0.717, 1.165) is 0 Å². The van der Waals surface area contributed by atoms with Gasteiger partial charge in [-0.25, -0.2) is 4.79 Å². The van der Waals surface area contributed by atoms with Crippen LogP contribution in [0.15, 0.2) is 42.5 Å². The second-order valence-corrected chi connectivity index (χ2v) is 8.71. The molecule has 39 heavy (non-hydrogen) atoms. The standard InChI is InChI=1S/C26H32ClN3O6.CH2O2/c1-2-34-26(33)19-5-8-21(9-6-19)35-15-4-14-30-13-3-11-29-25(32)22-17-20(27)7-10-23(22)36-16-12-28-24(31)18-30;2-1-3/h5-10,17H,2-4,11-16,18H2,1H3,(H,28,31)(H,29,32);1H,(H,2,3). The summed E-state index contributed by atoms with van der Waals surface area (Å²) in [6.45, 7) is 4.84. The van der Waals surface area contributed by atoms with E-state index < -0.39 is 0 Å². The Balaban J connectivity index is 0.00000170. The molecule has 0 spiro atoms. The van der Waals surface area contributed by atoms with E-state index in [4.69, 9.17) is 35.7 Å². The molecule has 0 aromatic heterocycles. The van der Waals surface area contributed by atoms with Crippen molar-refractivity contribution in [3.63, 3.8) is 0 Å². The van der Waals surface area contributed by atoms with Crippen LogP contribution in [0.2, 0.25) is 5.02 Å². The van der Waals surface area contributed by atoms with E-state index in [1.165, 1.54) is 0 Å². The summed E-state index contributed by atoms with van der Waals surface area (Å²) in [6.07, 6.45) is 1.38. The van der Waals surface area contributed by atoms with Gasteiger partial charge in [-0.2, -0.15) is 0 Å². The molecular weight excluding hydrogens is 530 g/mol. The number of ether oxygens (including phenoxy) is 3. The summed E-state index contributed by atoms with van der Waals surface area (Å²) in [7, 11) is 0. The largest absolute Gasteiger partial charge is 0.494 e. The second-order valence-electron chi connectivity index (χ2n) is 8.28. The predicted octanol–water partition coefficient (Wildman–Crippen LogP) is 2.62. The fourth-order valence-corrected chi connectivity index (χ4v) is 3.84. The van der Waals surface area contributed by atoms with Gasteiger partial charge in [0.25, 0.3) is 12.4 Å². The third kappa shape index (κ3) is 11.6. The summed E-state index contributed by atoms with van der Waals surface area (Å²) >= 11 is 6.06. The van der Waals surface area contributed by atoms with E-state index in [-0.39, 0.29) is 37.4 Å². The number of esters is 1. The molecule has 0 saturated heterocycles. The Hall–Kier alpha value is -3.83. The Kier molecular flexibility index (Phi) is 14.2. The Bertz CT molecular complexity index is 1080. The number of carbonyl (C=O) groups is 4. The van der Waals surface area contributed by atoms with Gasteiger partial charge in [0.15, 0.2) is 0 Å². The zero-order valence-corrected chi connectivity index (χ0v) is 22.6. The predicted molar refractivity (Wildman–Crippen MR) is 145 cm³/mol. The molecule has 0 aliphatic carbocycles. The molecule has 212 valence electrons. The third-order valence-corrected chi connectivity index (χ3v) is 5.66. The average molecular weight is 564 g/mol. The van der Waals surface area contributed by atoms with Gasteiger partial charge in [0.2, 0.25) is 5.91 Å². The van der Waals surface area contributed by atoms with Crippen LogP contribution in [0.25, 0.3) is 0 Å². The minimum atomic E-state index is -0.361. The quantitative estimate of drug-likeness (QED) is 0.263. The fourth-order valence-electron chi connectivity index (χ4n) is 3.67. The molecule has 1 heterocycles. The van der Waals surface area contributed by atoms with Crippen LogP contribution in [0.3, 0.4) is 0 Å². The molecule has 0 bridgehead atoms. The lowest BCUT2D eigenvalue weighted by molar-refractivity contribution is -0.123. The van der Waals surface area contributed by atoms with Crippen molar-refractivity contribution in [2.45, 2.75) is 19.8 Å². The Morgan fingerprint density at radius 2 is 1.90 bits per heavy atom. The molecule has 11 nitrogen and oxygen atoms in total. The molecule has 3 rings (SSSR count). The molecule has 0 unspecified atom stereocenters. The van der Waals surface area contributed by atoms with Crippen LogP contribution < -0.4 is 20.1 Å². The first-order chi connectivity index (χ1) is 18.9. The minimum Gasteiger partial charge on any atom is -0.494 e. The minimum absolute atomic E-state index is 0.0912. The average Bonchev–Trinajstić information content (AvgIpc) is 2.92. The molecule has 1 aliphatic rings. The van der Waals surface area contributed by atoms with Crippen LogP contribution in [-0.2, 0) is 14.3 Å². The Morgan fingerprint density at radius 3 is 2.62 bits per heavy atom. The number of hydrogen-bond acceptors (Lipinski definition) is 8. The van der Waals surface area contributed by atoms with Gasteiger partial charge in [-0.1, -0.05) is 11.6 Å². The van der Waals surface area contributed by atoms with Crippen molar-refractivity contribution in [3.05, 3.63) is 58.6 Å². The molecular formula is C27H34ClN3O8. The zero-order chi connectivity index (χ0) is 28.5. The fraction of sp³-hybridized carbons (Fsp3) is 0.407. The SMILES string of the molecule is CCOC(=O)c1ccc(OCCCN2CCCNC(=O)c3cc(Cl)ccc3OCCNC(=O)C2)cc1.O=CO. The van der Waals surface area contributed by atoms with Gasteiger partial charge in [-0.3, -0.25) is 19.3 Å². The summed E-state index contributed by atoms with van der Waals surface area (Å²) in [4.78, 5) is 47.2. The van der Waals surface area contributed by atoms with Gasteiger partial charge in [0, 0.05) is 24.7 Å². The van der Waals surface area contributed by atoms with Crippen molar-refractivity contribution in [2.24, 2.45) is 0 Å². The third-order valence-electron chi connectivity index (χ3n) is 5.42. The molecule has 3 N–H and O–H groups in total. The van der Waals surface area contributed by atoms with Crippen molar-refractivity contribution in [1.82, 2.24) is 15.5 Å². The van der Waals surface area contributed by atoms with Crippen molar-refractivity contribution >= 4 is 35.9 Å². The van der Waals surface area contributed by atoms with Crippen molar-refractivity contribution in [3.8, 4) is 11.5 Å². The highest BCUT2D eigenvalue weighted by Crippen LogP contribution is 2.23. The number of fused-ring (bicyclic) bond motifs is 1. The molecule has 0 radical (unpaired) electrons. The number of amides is 2. The number of nitrogens with zero attached hydrogens (tertiary/aromatic N) is 1. The van der Waals surface area contributed by atoms with Crippen LogP contribution in [0, 0.1) is 0 Å². The number of nitrogens with one attached hydrogen (secondary N) is 2. The lowest BCUT2D eigenvalue weighted by Gasteiger charge is -2.22. The maximum absolute atomic E-state index is 12.6. The van der Waals surface area contributed by atoms with Gasteiger partial charge < -0.3 is 30.0 Å². The van der Waals surface area contributed by atoms with E-state index in [2.05, 4.69) is 10.6 Å². The smallest absolute Gasteiger partial charge is 0.338 e. The van der Waals surface area contributed by atoms with Gasteiger partial charge in [-0.05, 0) is 62.2 Å². The Labute approximate surface area is 232 Å². The normalized spacial score (nSPS) is 14.6. The highest BCUT2D eigenvalue weighted by atomic mass is 35.5. The van der Waals surface area contributed by atoms with Crippen LogP contribution in [0.4, 0.5) is 0 Å². The van der Waals surface area contributed by atoms with Crippen LogP contribution in [0.1, 0.15) is 40.5 Å². The second kappa shape index (κ2) is 17.6. The molecule has 0 fully saturated rings. The number of halogens is 1. The summed E-state index contributed by atoms with van der Waals surface area (Å²) in [5.74, 6) is 0.388. The molecule has 2 aromatic rings. The number of benzene rings is 2. The number of carbonyl (C=O) groups excluding carboxylic acids is 3. The summed E-state index contributed by atoms with van der Waals surface area (Å²) in [5.41, 5.74) is 0.848. The maximum atomic E-state index is 12.6. The topological polar surface area (TPSA) is 144 Å². The molecule has 12 heteroatoms. The van der Waals surface area contributed by atoms with Gasteiger partial charge >= 0.3 is 5.97 Å². The maximum Gasteiger partial charge on any atom is 0.338 e. The van der Waals surface area contributed by atoms with Crippen LogP contribution in [0.5, 0.6) is 11.5 Å². The van der Waals surface area contributed by atoms with Crippen molar-refractivity contribution in [2.75, 3.05) is 52.5 Å². The van der Waals surface area contributed by atoms with Gasteiger partial charge in [0.05, 0.1) is 37.4 Å². The molecule has 0 saturated carbocycles. The van der Waals surface area contributed by atoms with Gasteiger partial charge in [0.1, 0.15) is 18.1 Å². The summed E-state index contributed by atoms with van der Waals surface area (Å²) < 4.78 is 16.5. The number of carboxylic acid groups (broad SMARTS) is 1. The van der Waals surface area contributed by atoms with Crippen molar-refractivity contribution in [1.29, 1.82) is 0 Å². The van der Waals surface area contributed by atoms with E-state index >= 15 is 0 Å². The monoisotopic (exact) mass is 563 g/mol. The molecule has 2 amide bonds. The van der Waals surface area contributed by atoms with Crippen molar-refractivity contribution < 1.29 is 38.5 Å². The number of rotatable bonds is 7. The lowest BCUT2D eigenvalue weighted by Crippen LogP contribution is -2.41. The first-order valence-corrected chi connectivity index (χ1v) is 12.9. The first-order valence-electron chi connectivity index (χ1n) is 12.5. The Morgan fingerprint density at radius 1 is 1.15 bits per heavy atom. The van der Waals surface area contributed by atoms with E-state index in [0.29, 0.717) is 79.9 Å². The van der Waals surface area contributed by atoms with Crippen LogP contribution in [-0.4, -0.2) is 86.8 Å². The highest BCUT2D eigenvalue weighted by Gasteiger charge is 2.16. The lowest BCUT2D eigenvalue weighted by atomic mass is 10.2.